The van der Waals surface area contributed by atoms with Gasteiger partial charge in [0.05, 0.1) is 7.11 Å². The van der Waals surface area contributed by atoms with Crippen molar-refractivity contribution in [3.63, 3.8) is 0 Å². The SMILES string of the molecule is COC(=O)C#Cc1cc2ccc(C(=O)N[C@@H]3C[C@H]4CC[C@@H]3N4)cc2o1. The van der Waals surface area contributed by atoms with E-state index < -0.39 is 5.97 Å². The molecule has 0 aliphatic carbocycles. The summed E-state index contributed by atoms with van der Waals surface area (Å²) in [6.45, 7) is 0. The van der Waals surface area contributed by atoms with Gasteiger partial charge in [0.15, 0.2) is 5.76 Å². The van der Waals surface area contributed by atoms with Crippen LogP contribution in [0.15, 0.2) is 28.7 Å². The molecule has 0 spiro atoms. The number of ether oxygens (including phenoxy) is 1. The van der Waals surface area contributed by atoms with E-state index in [1.54, 1.807) is 18.2 Å². The van der Waals surface area contributed by atoms with Gasteiger partial charge in [-0.2, -0.15) is 0 Å². The highest BCUT2D eigenvalue weighted by atomic mass is 16.5. The molecule has 3 atom stereocenters. The van der Waals surface area contributed by atoms with Crippen LogP contribution in [0.25, 0.3) is 11.0 Å². The Balaban J connectivity index is 1.51. The molecule has 1 aromatic heterocycles. The fraction of sp³-hybridized carbons (Fsp3) is 0.368. The van der Waals surface area contributed by atoms with Crippen LogP contribution >= 0.6 is 0 Å². The van der Waals surface area contributed by atoms with Gasteiger partial charge in [-0.05, 0) is 37.3 Å². The Labute approximate surface area is 144 Å². The molecule has 2 aliphatic rings. The summed E-state index contributed by atoms with van der Waals surface area (Å²) in [4.78, 5) is 23.6. The Morgan fingerprint density at radius 2 is 2.20 bits per heavy atom. The molecule has 0 saturated carbocycles. The van der Waals surface area contributed by atoms with Crippen LogP contribution in [0.2, 0.25) is 0 Å². The van der Waals surface area contributed by atoms with Crippen LogP contribution in [0.1, 0.15) is 35.4 Å². The van der Waals surface area contributed by atoms with Crippen molar-refractivity contribution >= 4 is 22.8 Å². The number of methoxy groups -OCH3 is 1. The Hall–Kier alpha value is -2.78. The van der Waals surface area contributed by atoms with Crippen molar-refractivity contribution in [2.75, 3.05) is 7.11 Å². The number of esters is 1. The Kier molecular flexibility index (Phi) is 3.94. The van der Waals surface area contributed by atoms with Crippen molar-refractivity contribution in [2.24, 2.45) is 0 Å². The van der Waals surface area contributed by atoms with Gasteiger partial charge in [-0.3, -0.25) is 4.79 Å². The Bertz CT molecular complexity index is 905. The second-order valence-electron chi connectivity index (χ2n) is 6.47. The van der Waals surface area contributed by atoms with Gasteiger partial charge in [0, 0.05) is 41.1 Å². The third-order valence-electron chi connectivity index (χ3n) is 4.87. The number of rotatable bonds is 2. The summed E-state index contributed by atoms with van der Waals surface area (Å²) in [5.74, 6) is 4.56. The van der Waals surface area contributed by atoms with Crippen LogP contribution < -0.4 is 10.6 Å². The number of nitrogens with one attached hydrogen (secondary N) is 2. The van der Waals surface area contributed by atoms with Crippen LogP contribution in [0.3, 0.4) is 0 Å². The van der Waals surface area contributed by atoms with Gasteiger partial charge in [-0.1, -0.05) is 6.07 Å². The van der Waals surface area contributed by atoms with Gasteiger partial charge in [0.1, 0.15) is 5.58 Å². The third kappa shape index (κ3) is 3.11. The van der Waals surface area contributed by atoms with E-state index in [-0.39, 0.29) is 11.9 Å². The summed E-state index contributed by atoms with van der Waals surface area (Å²) < 4.78 is 10.1. The van der Waals surface area contributed by atoms with E-state index in [9.17, 15) is 9.59 Å². The van der Waals surface area contributed by atoms with Crippen LogP contribution in [-0.2, 0) is 9.53 Å². The fourth-order valence-corrected chi connectivity index (χ4v) is 3.63. The minimum Gasteiger partial charge on any atom is -0.459 e. The number of carbonyl (C=O) groups excluding carboxylic acids is 2. The molecule has 2 aromatic rings. The van der Waals surface area contributed by atoms with E-state index in [0.717, 1.165) is 18.2 Å². The molecule has 1 amide bonds. The van der Waals surface area contributed by atoms with Crippen molar-refractivity contribution in [3.05, 3.63) is 35.6 Å². The molecule has 6 heteroatoms. The number of hydrogen-bond acceptors (Lipinski definition) is 5. The number of amides is 1. The quantitative estimate of drug-likeness (QED) is 0.642. The number of hydrogen-bond donors (Lipinski definition) is 2. The lowest BCUT2D eigenvalue weighted by molar-refractivity contribution is -0.133. The number of benzene rings is 1. The minimum atomic E-state index is -0.625. The van der Waals surface area contributed by atoms with Gasteiger partial charge < -0.3 is 19.8 Å². The molecule has 25 heavy (non-hydrogen) atoms. The first-order chi connectivity index (χ1) is 12.1. The first-order valence-electron chi connectivity index (χ1n) is 8.33. The first kappa shape index (κ1) is 15.7. The normalized spacial score (nSPS) is 24.0. The molecule has 128 valence electrons. The zero-order chi connectivity index (χ0) is 17.4. The average Bonchev–Trinajstić information content (AvgIpc) is 3.33. The van der Waals surface area contributed by atoms with Crippen molar-refractivity contribution in [1.29, 1.82) is 0 Å². The molecule has 3 heterocycles. The summed E-state index contributed by atoms with van der Waals surface area (Å²) >= 11 is 0. The summed E-state index contributed by atoms with van der Waals surface area (Å²) in [7, 11) is 1.27. The lowest BCUT2D eigenvalue weighted by Gasteiger charge is -2.21. The van der Waals surface area contributed by atoms with Crippen molar-refractivity contribution in [3.8, 4) is 11.8 Å². The van der Waals surface area contributed by atoms with Gasteiger partial charge in [0.25, 0.3) is 5.91 Å². The molecule has 2 fully saturated rings. The standard InChI is InChI=1S/C19H18N2O4/c1-24-18(22)7-5-14-8-11-2-3-12(9-17(11)25-14)19(23)21-16-10-13-4-6-15(16)20-13/h2-3,8-9,13,15-16,20H,4,6,10H2,1H3,(H,21,23)/t13-,15+,16-/m1/s1. The van der Waals surface area contributed by atoms with Crippen LogP contribution in [0.5, 0.6) is 0 Å². The molecular formula is C19H18N2O4. The maximum Gasteiger partial charge on any atom is 0.384 e. The van der Waals surface area contributed by atoms with Crippen LogP contribution in [0.4, 0.5) is 0 Å². The summed E-state index contributed by atoms with van der Waals surface area (Å²) in [6.07, 6.45) is 3.31. The van der Waals surface area contributed by atoms with Crippen LogP contribution in [-0.4, -0.2) is 37.1 Å². The lowest BCUT2D eigenvalue weighted by Crippen LogP contribution is -2.42. The smallest absolute Gasteiger partial charge is 0.384 e. The van der Waals surface area contributed by atoms with E-state index in [1.807, 2.05) is 6.07 Å². The zero-order valence-corrected chi connectivity index (χ0v) is 13.8. The number of furan rings is 1. The largest absolute Gasteiger partial charge is 0.459 e. The minimum absolute atomic E-state index is 0.0974. The lowest BCUT2D eigenvalue weighted by atomic mass is 9.95. The fourth-order valence-electron chi connectivity index (χ4n) is 3.63. The number of fused-ring (bicyclic) bond motifs is 3. The van der Waals surface area contributed by atoms with E-state index in [1.165, 1.54) is 13.5 Å². The van der Waals surface area contributed by atoms with Crippen molar-refractivity contribution in [1.82, 2.24) is 10.6 Å². The van der Waals surface area contributed by atoms with E-state index in [4.69, 9.17) is 4.42 Å². The molecule has 1 aromatic carbocycles. The zero-order valence-electron chi connectivity index (χ0n) is 13.8. The van der Waals surface area contributed by atoms with Crippen LogP contribution in [0, 0.1) is 11.8 Å². The molecule has 2 aliphatic heterocycles. The van der Waals surface area contributed by atoms with E-state index >= 15 is 0 Å². The molecular weight excluding hydrogens is 320 g/mol. The maximum atomic E-state index is 12.5. The van der Waals surface area contributed by atoms with E-state index in [0.29, 0.717) is 29.0 Å². The van der Waals surface area contributed by atoms with Gasteiger partial charge in [-0.15, -0.1) is 0 Å². The predicted molar refractivity (Wildman–Crippen MR) is 90.9 cm³/mol. The molecule has 2 saturated heterocycles. The van der Waals surface area contributed by atoms with Crippen molar-refractivity contribution in [2.45, 2.75) is 37.4 Å². The maximum absolute atomic E-state index is 12.5. The van der Waals surface area contributed by atoms with Crippen molar-refractivity contribution < 1.29 is 18.7 Å². The highest BCUT2D eigenvalue weighted by Crippen LogP contribution is 2.28. The second kappa shape index (κ2) is 6.26. The Morgan fingerprint density at radius 3 is 2.92 bits per heavy atom. The second-order valence-corrected chi connectivity index (χ2v) is 6.47. The highest BCUT2D eigenvalue weighted by Gasteiger charge is 2.39. The molecule has 2 N–H and O–H groups in total. The van der Waals surface area contributed by atoms with Gasteiger partial charge in [0.2, 0.25) is 0 Å². The Morgan fingerprint density at radius 1 is 1.32 bits per heavy atom. The monoisotopic (exact) mass is 338 g/mol. The highest BCUT2D eigenvalue weighted by molar-refractivity contribution is 5.98. The summed E-state index contributed by atoms with van der Waals surface area (Å²) in [6, 6.07) is 8.14. The predicted octanol–water partition coefficient (Wildman–Crippen LogP) is 1.58. The van der Waals surface area contributed by atoms with E-state index in [2.05, 4.69) is 27.2 Å². The molecule has 4 rings (SSSR count). The molecule has 2 bridgehead atoms. The molecule has 6 nitrogen and oxygen atoms in total. The molecule has 0 radical (unpaired) electrons. The topological polar surface area (TPSA) is 80.6 Å². The molecule has 0 unspecified atom stereocenters. The van der Waals surface area contributed by atoms with Gasteiger partial charge in [-0.25, -0.2) is 4.79 Å². The summed E-state index contributed by atoms with van der Waals surface area (Å²) in [5, 5.41) is 7.45. The third-order valence-corrected chi connectivity index (χ3v) is 4.87. The number of carbonyl (C=O) groups is 2. The van der Waals surface area contributed by atoms with Gasteiger partial charge >= 0.3 is 5.97 Å². The first-order valence-corrected chi connectivity index (χ1v) is 8.33. The average molecular weight is 338 g/mol. The summed E-state index contributed by atoms with van der Waals surface area (Å²) in [5.41, 5.74) is 1.12.